The molecule has 4 nitrogen and oxygen atoms in total. The lowest BCUT2D eigenvalue weighted by atomic mass is 9.83. The first-order valence-corrected chi connectivity index (χ1v) is 12.4. The van der Waals surface area contributed by atoms with Crippen LogP contribution in [-0.2, 0) is 21.2 Å². The van der Waals surface area contributed by atoms with E-state index >= 15 is 0 Å². The van der Waals surface area contributed by atoms with E-state index in [0.717, 1.165) is 12.0 Å². The van der Waals surface area contributed by atoms with E-state index in [1.807, 2.05) is 48.5 Å². The molecule has 1 heterocycles. The summed E-state index contributed by atoms with van der Waals surface area (Å²) in [6.07, 6.45) is 2.07. The molecule has 0 spiro atoms. The fraction of sp³-hybridized carbons (Fsp3) is 0.308. The van der Waals surface area contributed by atoms with Crippen molar-refractivity contribution in [3.05, 3.63) is 102 Å². The highest BCUT2D eigenvalue weighted by atomic mass is 32.2. The molecule has 4 rings (SSSR count). The zero-order valence-corrected chi connectivity index (χ0v) is 18.6. The van der Waals surface area contributed by atoms with Crippen LogP contribution in [0, 0.1) is 0 Å². The van der Waals surface area contributed by atoms with Gasteiger partial charge in [-0.3, -0.25) is 0 Å². The van der Waals surface area contributed by atoms with Crippen molar-refractivity contribution in [2.24, 2.45) is 0 Å². The quantitative estimate of drug-likeness (QED) is 0.574. The van der Waals surface area contributed by atoms with Crippen LogP contribution in [-0.4, -0.2) is 27.2 Å². The third-order valence-electron chi connectivity index (χ3n) is 5.97. The second-order valence-electron chi connectivity index (χ2n) is 8.05. The van der Waals surface area contributed by atoms with Gasteiger partial charge >= 0.3 is 0 Å². The highest BCUT2D eigenvalue weighted by molar-refractivity contribution is 7.89. The number of nitrogens with one attached hydrogen (secondary N) is 1. The van der Waals surface area contributed by atoms with E-state index < -0.39 is 10.0 Å². The lowest BCUT2D eigenvalue weighted by Crippen LogP contribution is -2.43. The second kappa shape index (κ2) is 9.77. The Morgan fingerprint density at radius 3 is 2.03 bits per heavy atom. The summed E-state index contributed by atoms with van der Waals surface area (Å²) < 4.78 is 35.1. The number of hydrogen-bond acceptors (Lipinski definition) is 3. The van der Waals surface area contributed by atoms with E-state index in [1.165, 1.54) is 11.1 Å². The average molecular weight is 436 g/mol. The predicted octanol–water partition coefficient (Wildman–Crippen LogP) is 4.91. The molecule has 0 unspecified atom stereocenters. The van der Waals surface area contributed by atoms with Gasteiger partial charge in [0, 0.05) is 18.6 Å². The molecule has 1 saturated heterocycles. The molecule has 0 saturated carbocycles. The normalized spacial score (nSPS) is 19.4. The van der Waals surface area contributed by atoms with Gasteiger partial charge in [0.2, 0.25) is 10.0 Å². The van der Waals surface area contributed by atoms with Crippen LogP contribution in [0.25, 0.3) is 0 Å². The predicted molar refractivity (Wildman–Crippen MR) is 124 cm³/mol. The maximum Gasteiger partial charge on any atom is 0.240 e. The van der Waals surface area contributed by atoms with Gasteiger partial charge in [-0.25, -0.2) is 13.1 Å². The molecule has 5 heteroatoms. The molecule has 3 aromatic rings. The van der Waals surface area contributed by atoms with Crippen LogP contribution in [0.1, 0.15) is 42.4 Å². The Balaban J connectivity index is 1.55. The van der Waals surface area contributed by atoms with Gasteiger partial charge in [0.15, 0.2) is 0 Å². The van der Waals surface area contributed by atoms with Gasteiger partial charge in [-0.15, -0.1) is 0 Å². The maximum atomic E-state index is 13.0. The number of hydrogen-bond donors (Lipinski definition) is 1. The third-order valence-corrected chi connectivity index (χ3v) is 7.50. The first-order chi connectivity index (χ1) is 15.1. The third kappa shape index (κ3) is 5.24. The highest BCUT2D eigenvalue weighted by Crippen LogP contribution is 2.34. The average Bonchev–Trinajstić information content (AvgIpc) is 2.81. The fourth-order valence-electron chi connectivity index (χ4n) is 4.30. The molecule has 0 bridgehead atoms. The van der Waals surface area contributed by atoms with Crippen molar-refractivity contribution in [3.8, 4) is 0 Å². The Kier molecular flexibility index (Phi) is 6.86. The summed E-state index contributed by atoms with van der Waals surface area (Å²) >= 11 is 0. The van der Waals surface area contributed by atoms with Gasteiger partial charge in [0.1, 0.15) is 0 Å². The minimum absolute atomic E-state index is 0.0542. The SMILES string of the molecule is CCc1ccc(S(=O)(=O)N[C@H]2CCO[C@@H](C(c3ccccc3)c3ccccc3)C2)cc1. The van der Waals surface area contributed by atoms with E-state index in [0.29, 0.717) is 24.3 Å². The summed E-state index contributed by atoms with van der Waals surface area (Å²) in [7, 11) is -3.57. The number of aryl methyl sites for hydroxylation is 1. The van der Waals surface area contributed by atoms with E-state index in [9.17, 15) is 8.42 Å². The molecule has 162 valence electrons. The number of rotatable bonds is 7. The van der Waals surface area contributed by atoms with Crippen LogP contribution < -0.4 is 4.72 Å². The summed E-state index contributed by atoms with van der Waals surface area (Å²) in [5.74, 6) is 0.0542. The molecule has 1 N–H and O–H groups in total. The van der Waals surface area contributed by atoms with Crippen molar-refractivity contribution < 1.29 is 13.2 Å². The van der Waals surface area contributed by atoms with Crippen molar-refractivity contribution >= 4 is 10.0 Å². The monoisotopic (exact) mass is 435 g/mol. The zero-order chi connectivity index (χ0) is 21.7. The molecule has 0 amide bonds. The number of ether oxygens (including phenoxy) is 1. The largest absolute Gasteiger partial charge is 0.377 e. The van der Waals surface area contributed by atoms with E-state index in [4.69, 9.17) is 4.74 Å². The van der Waals surface area contributed by atoms with Crippen LogP contribution in [0.2, 0.25) is 0 Å². The topological polar surface area (TPSA) is 55.4 Å². The number of benzene rings is 3. The van der Waals surface area contributed by atoms with Crippen molar-refractivity contribution in [1.29, 1.82) is 0 Å². The minimum atomic E-state index is -3.57. The number of sulfonamides is 1. The smallest absolute Gasteiger partial charge is 0.240 e. The Hall–Kier alpha value is -2.47. The van der Waals surface area contributed by atoms with Crippen molar-refractivity contribution in [3.63, 3.8) is 0 Å². The van der Waals surface area contributed by atoms with Crippen LogP contribution in [0.3, 0.4) is 0 Å². The Morgan fingerprint density at radius 1 is 0.903 bits per heavy atom. The Morgan fingerprint density at radius 2 is 1.48 bits per heavy atom. The van der Waals surface area contributed by atoms with Gasteiger partial charge in [-0.2, -0.15) is 0 Å². The molecule has 0 aromatic heterocycles. The van der Waals surface area contributed by atoms with Crippen molar-refractivity contribution in [2.45, 2.75) is 49.1 Å². The molecular formula is C26H29NO3S. The fourth-order valence-corrected chi connectivity index (χ4v) is 5.58. The summed E-state index contributed by atoms with van der Waals surface area (Å²) in [5.41, 5.74) is 3.48. The van der Waals surface area contributed by atoms with E-state index in [1.54, 1.807) is 12.1 Å². The Labute approximate surface area is 185 Å². The molecule has 3 aromatic carbocycles. The first kappa shape index (κ1) is 21.8. The van der Waals surface area contributed by atoms with Crippen LogP contribution in [0.4, 0.5) is 0 Å². The van der Waals surface area contributed by atoms with Crippen LogP contribution in [0.15, 0.2) is 89.8 Å². The second-order valence-corrected chi connectivity index (χ2v) is 9.76. The summed E-state index contributed by atoms with van der Waals surface area (Å²) in [5, 5.41) is 0. The molecule has 0 radical (unpaired) electrons. The molecule has 0 aliphatic carbocycles. The maximum absolute atomic E-state index is 13.0. The lowest BCUT2D eigenvalue weighted by molar-refractivity contribution is -0.00387. The zero-order valence-electron chi connectivity index (χ0n) is 17.8. The molecular weight excluding hydrogens is 406 g/mol. The first-order valence-electron chi connectivity index (χ1n) is 10.9. The Bertz CT molecular complexity index is 1030. The van der Waals surface area contributed by atoms with Gasteiger partial charge in [0.25, 0.3) is 0 Å². The van der Waals surface area contributed by atoms with Gasteiger partial charge in [0.05, 0.1) is 11.0 Å². The molecule has 2 atom stereocenters. The van der Waals surface area contributed by atoms with E-state index in [2.05, 4.69) is 35.9 Å². The summed E-state index contributed by atoms with van der Waals surface area (Å²) in [4.78, 5) is 0.315. The standard InChI is InChI=1S/C26H29NO3S/c1-2-20-13-15-24(16-14-20)31(28,29)27-23-17-18-30-25(19-23)26(21-9-5-3-6-10-21)22-11-7-4-8-12-22/h3-16,23,25-27H,2,17-19H2,1H3/t23-,25+/m0/s1. The van der Waals surface area contributed by atoms with Crippen LogP contribution in [0.5, 0.6) is 0 Å². The molecule has 1 aliphatic heterocycles. The molecule has 1 fully saturated rings. The van der Waals surface area contributed by atoms with Crippen LogP contribution >= 0.6 is 0 Å². The summed E-state index contributed by atoms with van der Waals surface area (Å²) in [6, 6.07) is 27.6. The van der Waals surface area contributed by atoms with Gasteiger partial charge in [-0.1, -0.05) is 79.7 Å². The molecule has 31 heavy (non-hydrogen) atoms. The summed E-state index contributed by atoms with van der Waals surface area (Å²) in [6.45, 7) is 2.59. The molecule has 1 aliphatic rings. The van der Waals surface area contributed by atoms with E-state index in [-0.39, 0.29) is 18.1 Å². The van der Waals surface area contributed by atoms with Crippen molar-refractivity contribution in [1.82, 2.24) is 4.72 Å². The highest BCUT2D eigenvalue weighted by Gasteiger charge is 2.33. The minimum Gasteiger partial charge on any atom is -0.377 e. The lowest BCUT2D eigenvalue weighted by Gasteiger charge is -2.35. The van der Waals surface area contributed by atoms with Crippen molar-refractivity contribution in [2.75, 3.05) is 6.61 Å². The van der Waals surface area contributed by atoms with Gasteiger partial charge in [-0.05, 0) is 48.1 Å². The van der Waals surface area contributed by atoms with Gasteiger partial charge < -0.3 is 4.74 Å².